The molecule has 0 radical (unpaired) electrons. The molecule has 0 spiro atoms. The lowest BCUT2D eigenvalue weighted by Crippen LogP contribution is -2.07. The highest BCUT2D eigenvalue weighted by Gasteiger charge is 2.14. The van der Waals surface area contributed by atoms with Gasteiger partial charge in [-0.05, 0) is 48.6 Å². The predicted octanol–water partition coefficient (Wildman–Crippen LogP) is 3.22. The standard InChI is InChI=1S/C14H16O2/c1-16-13-8-6-11(7-9-13)10-12-4-2-3-5-14(12)15/h6-10H,2-5H2,1H3/b12-10-. The van der Waals surface area contributed by atoms with Gasteiger partial charge in [-0.25, -0.2) is 0 Å². The van der Waals surface area contributed by atoms with Gasteiger partial charge in [-0.15, -0.1) is 0 Å². The lowest BCUT2D eigenvalue weighted by molar-refractivity contribution is -0.116. The summed E-state index contributed by atoms with van der Waals surface area (Å²) in [7, 11) is 1.65. The van der Waals surface area contributed by atoms with Gasteiger partial charge in [-0.1, -0.05) is 12.1 Å². The van der Waals surface area contributed by atoms with Crippen molar-refractivity contribution in [2.45, 2.75) is 25.7 Å². The van der Waals surface area contributed by atoms with Crippen molar-refractivity contribution in [3.05, 3.63) is 35.4 Å². The Kier molecular flexibility index (Phi) is 3.40. The molecule has 0 aromatic heterocycles. The van der Waals surface area contributed by atoms with Crippen LogP contribution in [0, 0.1) is 0 Å². The average Bonchev–Trinajstić information content (AvgIpc) is 2.33. The molecule has 2 heteroatoms. The third-order valence-electron chi connectivity index (χ3n) is 2.91. The second-order valence-electron chi connectivity index (χ2n) is 4.07. The number of methoxy groups -OCH3 is 1. The third kappa shape index (κ3) is 2.51. The van der Waals surface area contributed by atoms with E-state index in [2.05, 4.69) is 0 Å². The van der Waals surface area contributed by atoms with Crippen LogP contribution in [0.15, 0.2) is 29.8 Å². The average molecular weight is 216 g/mol. The molecule has 16 heavy (non-hydrogen) atoms. The minimum absolute atomic E-state index is 0.307. The lowest BCUT2D eigenvalue weighted by Gasteiger charge is -2.12. The predicted molar refractivity (Wildman–Crippen MR) is 64.4 cm³/mol. The fraction of sp³-hybridized carbons (Fsp3) is 0.357. The van der Waals surface area contributed by atoms with Crippen LogP contribution in [-0.4, -0.2) is 12.9 Å². The SMILES string of the molecule is COc1ccc(/C=C2/CCCCC2=O)cc1. The van der Waals surface area contributed by atoms with Crippen molar-refractivity contribution in [3.63, 3.8) is 0 Å². The van der Waals surface area contributed by atoms with Gasteiger partial charge in [0.25, 0.3) is 0 Å². The molecular weight excluding hydrogens is 200 g/mol. The van der Waals surface area contributed by atoms with E-state index in [1.807, 2.05) is 30.3 Å². The van der Waals surface area contributed by atoms with Crippen LogP contribution < -0.4 is 4.74 Å². The summed E-state index contributed by atoms with van der Waals surface area (Å²) in [6, 6.07) is 7.79. The fourth-order valence-corrected chi connectivity index (χ4v) is 1.95. The molecule has 1 saturated carbocycles. The fourth-order valence-electron chi connectivity index (χ4n) is 1.95. The Balaban J connectivity index is 2.17. The van der Waals surface area contributed by atoms with E-state index in [4.69, 9.17) is 4.74 Å². The zero-order chi connectivity index (χ0) is 11.4. The van der Waals surface area contributed by atoms with Crippen LogP contribution in [0.1, 0.15) is 31.2 Å². The van der Waals surface area contributed by atoms with Gasteiger partial charge in [0.15, 0.2) is 5.78 Å². The number of allylic oxidation sites excluding steroid dienone is 1. The second-order valence-corrected chi connectivity index (χ2v) is 4.07. The number of hydrogen-bond acceptors (Lipinski definition) is 2. The van der Waals surface area contributed by atoms with E-state index in [1.54, 1.807) is 7.11 Å². The molecule has 0 unspecified atom stereocenters. The summed E-state index contributed by atoms with van der Waals surface area (Å²) in [4.78, 5) is 11.6. The Hall–Kier alpha value is -1.57. The number of carbonyl (C=O) groups excluding carboxylic acids is 1. The van der Waals surface area contributed by atoms with Gasteiger partial charge in [0, 0.05) is 6.42 Å². The molecule has 0 bridgehead atoms. The van der Waals surface area contributed by atoms with Crippen molar-refractivity contribution in [1.82, 2.24) is 0 Å². The van der Waals surface area contributed by atoms with Crippen molar-refractivity contribution >= 4 is 11.9 Å². The van der Waals surface area contributed by atoms with Gasteiger partial charge < -0.3 is 4.74 Å². The highest BCUT2D eigenvalue weighted by atomic mass is 16.5. The summed E-state index contributed by atoms with van der Waals surface area (Å²) in [5, 5.41) is 0. The van der Waals surface area contributed by atoms with Crippen molar-refractivity contribution in [2.24, 2.45) is 0 Å². The zero-order valence-electron chi connectivity index (χ0n) is 9.53. The second kappa shape index (κ2) is 4.97. The van der Waals surface area contributed by atoms with Crippen molar-refractivity contribution in [1.29, 1.82) is 0 Å². The number of Topliss-reactive ketones (excluding diaryl/α,β-unsaturated/α-hetero) is 1. The molecular formula is C14H16O2. The molecule has 0 atom stereocenters. The molecule has 1 aliphatic carbocycles. The van der Waals surface area contributed by atoms with E-state index in [1.165, 1.54) is 0 Å². The largest absolute Gasteiger partial charge is 0.497 e. The van der Waals surface area contributed by atoms with Crippen LogP contribution in [0.2, 0.25) is 0 Å². The van der Waals surface area contributed by atoms with E-state index in [9.17, 15) is 4.79 Å². The number of hydrogen-bond donors (Lipinski definition) is 0. The topological polar surface area (TPSA) is 26.3 Å². The summed E-state index contributed by atoms with van der Waals surface area (Å²) in [6.45, 7) is 0. The maximum absolute atomic E-state index is 11.6. The Bertz CT molecular complexity index is 401. The number of benzene rings is 1. The first-order chi connectivity index (χ1) is 7.79. The van der Waals surface area contributed by atoms with Gasteiger partial charge in [0.1, 0.15) is 5.75 Å². The molecule has 2 rings (SSSR count). The van der Waals surface area contributed by atoms with Gasteiger partial charge in [-0.3, -0.25) is 4.79 Å². The minimum Gasteiger partial charge on any atom is -0.497 e. The van der Waals surface area contributed by atoms with Crippen LogP contribution in [0.4, 0.5) is 0 Å². The number of ketones is 1. The van der Waals surface area contributed by atoms with Gasteiger partial charge in [0.2, 0.25) is 0 Å². The smallest absolute Gasteiger partial charge is 0.158 e. The first-order valence-corrected chi connectivity index (χ1v) is 5.67. The van der Waals surface area contributed by atoms with E-state index >= 15 is 0 Å². The number of carbonyl (C=O) groups is 1. The normalized spacial score (nSPS) is 18.8. The van der Waals surface area contributed by atoms with Crippen LogP contribution in [0.5, 0.6) is 5.75 Å². The molecule has 1 fully saturated rings. The Morgan fingerprint density at radius 2 is 1.81 bits per heavy atom. The highest BCUT2D eigenvalue weighted by Crippen LogP contribution is 2.22. The Morgan fingerprint density at radius 3 is 2.44 bits per heavy atom. The molecule has 0 amide bonds. The summed E-state index contributed by atoms with van der Waals surface area (Å²) in [6.07, 6.45) is 5.81. The minimum atomic E-state index is 0.307. The third-order valence-corrected chi connectivity index (χ3v) is 2.91. The first kappa shape index (κ1) is 10.9. The molecule has 1 aromatic rings. The van der Waals surface area contributed by atoms with Crippen LogP contribution in [0.3, 0.4) is 0 Å². The summed E-state index contributed by atoms with van der Waals surface area (Å²) < 4.78 is 5.09. The molecule has 0 heterocycles. The summed E-state index contributed by atoms with van der Waals surface area (Å²) >= 11 is 0. The maximum atomic E-state index is 11.6. The van der Waals surface area contributed by atoms with E-state index < -0.39 is 0 Å². The Morgan fingerprint density at radius 1 is 1.12 bits per heavy atom. The number of ether oxygens (including phenoxy) is 1. The molecule has 0 N–H and O–H groups in total. The van der Waals surface area contributed by atoms with Crippen LogP contribution in [-0.2, 0) is 4.79 Å². The van der Waals surface area contributed by atoms with Crippen molar-refractivity contribution in [2.75, 3.05) is 7.11 Å². The molecule has 84 valence electrons. The zero-order valence-corrected chi connectivity index (χ0v) is 9.53. The molecule has 1 aliphatic rings. The molecule has 0 saturated heterocycles. The maximum Gasteiger partial charge on any atom is 0.158 e. The molecule has 0 aliphatic heterocycles. The monoisotopic (exact) mass is 216 g/mol. The van der Waals surface area contributed by atoms with Crippen LogP contribution in [0.25, 0.3) is 6.08 Å². The van der Waals surface area contributed by atoms with Gasteiger partial charge in [-0.2, -0.15) is 0 Å². The van der Waals surface area contributed by atoms with E-state index in [-0.39, 0.29) is 0 Å². The highest BCUT2D eigenvalue weighted by molar-refractivity contribution is 6.00. The molecule has 2 nitrogen and oxygen atoms in total. The van der Waals surface area contributed by atoms with E-state index in [0.29, 0.717) is 12.2 Å². The van der Waals surface area contributed by atoms with Gasteiger partial charge >= 0.3 is 0 Å². The quantitative estimate of drug-likeness (QED) is 0.709. The molecule has 1 aromatic carbocycles. The lowest BCUT2D eigenvalue weighted by atomic mass is 9.92. The van der Waals surface area contributed by atoms with Gasteiger partial charge in [0.05, 0.1) is 7.11 Å². The van der Waals surface area contributed by atoms with Crippen molar-refractivity contribution in [3.8, 4) is 5.75 Å². The van der Waals surface area contributed by atoms with Crippen LogP contribution >= 0.6 is 0 Å². The van der Waals surface area contributed by atoms with E-state index in [0.717, 1.165) is 36.1 Å². The van der Waals surface area contributed by atoms with Crippen molar-refractivity contribution < 1.29 is 9.53 Å². The summed E-state index contributed by atoms with van der Waals surface area (Å²) in [5.41, 5.74) is 2.04. The Labute approximate surface area is 95.9 Å². The number of rotatable bonds is 2. The first-order valence-electron chi connectivity index (χ1n) is 5.67. The summed E-state index contributed by atoms with van der Waals surface area (Å²) in [5.74, 6) is 1.15.